The Balaban J connectivity index is 2.82. The van der Waals surface area contributed by atoms with Gasteiger partial charge in [0.15, 0.2) is 0 Å². The highest BCUT2D eigenvalue weighted by atomic mass is 32.2. The van der Waals surface area contributed by atoms with Crippen molar-refractivity contribution in [3.05, 3.63) is 35.4 Å². The summed E-state index contributed by atoms with van der Waals surface area (Å²) in [5.41, 5.74) is 1.88. The molecular formula is C14H20O3S. The van der Waals surface area contributed by atoms with Crippen molar-refractivity contribution in [3.8, 4) is 0 Å². The highest BCUT2D eigenvalue weighted by Crippen LogP contribution is 2.15. The molecule has 0 amide bonds. The van der Waals surface area contributed by atoms with Crippen molar-refractivity contribution in [1.82, 2.24) is 0 Å². The van der Waals surface area contributed by atoms with Gasteiger partial charge in [0, 0.05) is 21.8 Å². The minimum absolute atomic E-state index is 0.177. The molecule has 0 aliphatic heterocycles. The number of hydrogen-bond donors (Lipinski definition) is 0. The number of carbonyl (C=O) groups is 1. The standard InChI is InChI=1S/C14H20O3S/c1-4-11(2)18(16)10-13-8-6-5-7-12(13)9-14(15)17-3/h5-8,11H,4,9-10H2,1-3H3. The maximum absolute atomic E-state index is 12.0. The maximum atomic E-state index is 12.0. The van der Waals surface area contributed by atoms with E-state index in [0.717, 1.165) is 17.5 Å². The quantitative estimate of drug-likeness (QED) is 0.744. The molecule has 0 bridgehead atoms. The second-order valence-corrected chi connectivity index (χ2v) is 6.12. The van der Waals surface area contributed by atoms with Gasteiger partial charge in [0.25, 0.3) is 0 Å². The summed E-state index contributed by atoms with van der Waals surface area (Å²) in [5.74, 6) is 0.235. The zero-order valence-electron chi connectivity index (χ0n) is 11.1. The fourth-order valence-electron chi connectivity index (χ4n) is 1.58. The van der Waals surface area contributed by atoms with E-state index < -0.39 is 10.8 Å². The molecular weight excluding hydrogens is 248 g/mol. The Morgan fingerprint density at radius 2 is 1.94 bits per heavy atom. The molecule has 3 nitrogen and oxygen atoms in total. The first kappa shape index (κ1) is 14.9. The predicted molar refractivity (Wildman–Crippen MR) is 73.8 cm³/mol. The van der Waals surface area contributed by atoms with Crippen molar-refractivity contribution in [3.63, 3.8) is 0 Å². The molecule has 1 rings (SSSR count). The SMILES string of the molecule is CCC(C)S(=O)Cc1ccccc1CC(=O)OC. The highest BCUT2D eigenvalue weighted by molar-refractivity contribution is 7.84. The summed E-state index contributed by atoms with van der Waals surface area (Å²) in [6, 6.07) is 7.61. The van der Waals surface area contributed by atoms with E-state index in [1.54, 1.807) is 0 Å². The summed E-state index contributed by atoms with van der Waals surface area (Å²) >= 11 is 0. The fraction of sp³-hybridized carbons (Fsp3) is 0.500. The van der Waals surface area contributed by atoms with Crippen LogP contribution in [0.25, 0.3) is 0 Å². The van der Waals surface area contributed by atoms with Gasteiger partial charge in [-0.25, -0.2) is 0 Å². The van der Waals surface area contributed by atoms with E-state index in [0.29, 0.717) is 5.75 Å². The van der Waals surface area contributed by atoms with Crippen molar-refractivity contribution in [2.24, 2.45) is 0 Å². The van der Waals surface area contributed by atoms with Crippen LogP contribution in [0.15, 0.2) is 24.3 Å². The minimum Gasteiger partial charge on any atom is -0.469 e. The van der Waals surface area contributed by atoms with Gasteiger partial charge < -0.3 is 4.74 Å². The van der Waals surface area contributed by atoms with Gasteiger partial charge in [-0.3, -0.25) is 9.00 Å². The number of esters is 1. The van der Waals surface area contributed by atoms with E-state index in [9.17, 15) is 9.00 Å². The fourth-order valence-corrected chi connectivity index (χ4v) is 2.82. The zero-order chi connectivity index (χ0) is 13.5. The lowest BCUT2D eigenvalue weighted by atomic mass is 10.1. The van der Waals surface area contributed by atoms with Crippen molar-refractivity contribution < 1.29 is 13.7 Å². The van der Waals surface area contributed by atoms with Crippen LogP contribution in [-0.2, 0) is 32.5 Å². The van der Waals surface area contributed by atoms with Crippen LogP contribution in [0.4, 0.5) is 0 Å². The Hall–Kier alpha value is -1.16. The maximum Gasteiger partial charge on any atom is 0.309 e. The number of hydrogen-bond acceptors (Lipinski definition) is 3. The average Bonchev–Trinajstić information content (AvgIpc) is 2.39. The molecule has 1 aromatic rings. The van der Waals surface area contributed by atoms with E-state index in [1.807, 2.05) is 38.1 Å². The number of ether oxygens (including phenoxy) is 1. The Labute approximate surface area is 111 Å². The van der Waals surface area contributed by atoms with Crippen LogP contribution in [0.2, 0.25) is 0 Å². The molecule has 0 aliphatic carbocycles. The smallest absolute Gasteiger partial charge is 0.309 e. The molecule has 0 spiro atoms. The van der Waals surface area contributed by atoms with E-state index in [4.69, 9.17) is 0 Å². The third kappa shape index (κ3) is 4.26. The van der Waals surface area contributed by atoms with Gasteiger partial charge in [0.2, 0.25) is 0 Å². The van der Waals surface area contributed by atoms with Gasteiger partial charge in [0.05, 0.1) is 13.5 Å². The molecule has 18 heavy (non-hydrogen) atoms. The molecule has 1 aromatic carbocycles. The molecule has 0 N–H and O–H groups in total. The molecule has 0 saturated carbocycles. The predicted octanol–water partition coefficient (Wildman–Crippen LogP) is 2.45. The summed E-state index contributed by atoms with van der Waals surface area (Å²) in [4.78, 5) is 11.3. The summed E-state index contributed by atoms with van der Waals surface area (Å²) in [5, 5.41) is 0.177. The Bertz CT molecular complexity index is 429. The van der Waals surface area contributed by atoms with Crippen LogP contribution in [0.1, 0.15) is 31.4 Å². The molecule has 0 aromatic heterocycles. The summed E-state index contributed by atoms with van der Waals surface area (Å²) in [7, 11) is 0.482. The highest BCUT2D eigenvalue weighted by Gasteiger charge is 2.13. The van der Waals surface area contributed by atoms with Crippen LogP contribution in [0.5, 0.6) is 0 Å². The molecule has 0 aliphatic rings. The van der Waals surface area contributed by atoms with Crippen LogP contribution in [-0.4, -0.2) is 22.5 Å². The van der Waals surface area contributed by atoms with Gasteiger partial charge >= 0.3 is 5.97 Å². The first-order valence-corrected chi connectivity index (χ1v) is 7.47. The third-order valence-corrected chi connectivity index (χ3v) is 4.83. The van der Waals surface area contributed by atoms with E-state index in [2.05, 4.69) is 4.74 Å². The lowest BCUT2D eigenvalue weighted by Crippen LogP contribution is -2.13. The number of methoxy groups -OCH3 is 1. The minimum atomic E-state index is -0.895. The van der Waals surface area contributed by atoms with Gasteiger partial charge in [-0.2, -0.15) is 0 Å². The van der Waals surface area contributed by atoms with Gasteiger partial charge in [-0.05, 0) is 17.5 Å². The van der Waals surface area contributed by atoms with Gasteiger partial charge in [-0.15, -0.1) is 0 Å². The van der Waals surface area contributed by atoms with Crippen LogP contribution < -0.4 is 0 Å². The molecule has 4 heteroatoms. The van der Waals surface area contributed by atoms with Crippen molar-refractivity contribution in [2.45, 2.75) is 37.7 Å². The van der Waals surface area contributed by atoms with E-state index in [1.165, 1.54) is 7.11 Å². The second-order valence-electron chi connectivity index (χ2n) is 4.27. The Kier molecular flexibility index (Phi) is 6.05. The molecule has 0 fully saturated rings. The molecule has 0 heterocycles. The van der Waals surface area contributed by atoms with Crippen LogP contribution >= 0.6 is 0 Å². The third-order valence-electron chi connectivity index (χ3n) is 3.00. The first-order valence-electron chi connectivity index (χ1n) is 6.09. The molecule has 2 unspecified atom stereocenters. The Morgan fingerprint density at radius 3 is 2.50 bits per heavy atom. The molecule has 0 radical (unpaired) electrons. The number of benzene rings is 1. The summed E-state index contributed by atoms with van der Waals surface area (Å²) < 4.78 is 16.7. The number of carbonyl (C=O) groups excluding carboxylic acids is 1. The van der Waals surface area contributed by atoms with Crippen molar-refractivity contribution >= 4 is 16.8 Å². The number of rotatable bonds is 6. The normalized spacial score (nSPS) is 13.9. The summed E-state index contributed by atoms with van der Waals surface area (Å²) in [6.07, 6.45) is 1.14. The van der Waals surface area contributed by atoms with E-state index in [-0.39, 0.29) is 17.6 Å². The van der Waals surface area contributed by atoms with Crippen LogP contribution in [0.3, 0.4) is 0 Å². The zero-order valence-corrected chi connectivity index (χ0v) is 12.0. The molecule has 100 valence electrons. The Morgan fingerprint density at radius 1 is 1.33 bits per heavy atom. The van der Waals surface area contributed by atoms with E-state index >= 15 is 0 Å². The summed E-state index contributed by atoms with van der Waals surface area (Å²) in [6.45, 7) is 4.02. The lowest BCUT2D eigenvalue weighted by Gasteiger charge is -2.11. The average molecular weight is 268 g/mol. The first-order chi connectivity index (χ1) is 8.58. The molecule has 2 atom stereocenters. The largest absolute Gasteiger partial charge is 0.469 e. The van der Waals surface area contributed by atoms with Crippen molar-refractivity contribution in [1.29, 1.82) is 0 Å². The van der Waals surface area contributed by atoms with Gasteiger partial charge in [0.1, 0.15) is 0 Å². The van der Waals surface area contributed by atoms with Gasteiger partial charge in [-0.1, -0.05) is 38.1 Å². The monoisotopic (exact) mass is 268 g/mol. The van der Waals surface area contributed by atoms with Crippen LogP contribution in [0, 0.1) is 0 Å². The lowest BCUT2D eigenvalue weighted by molar-refractivity contribution is -0.139. The van der Waals surface area contributed by atoms with Crippen molar-refractivity contribution in [2.75, 3.05) is 7.11 Å². The molecule has 0 saturated heterocycles. The topological polar surface area (TPSA) is 43.4 Å². The second kappa shape index (κ2) is 7.31.